The SMILES string of the molecule is CCc1c(C(=O)NN(C(=O)c2ccc(Cl)cc2F)C(C)(C)C)ccc2c1OCCO2. The molecule has 0 atom stereocenters. The van der Waals surface area contributed by atoms with E-state index in [-0.39, 0.29) is 10.6 Å². The Morgan fingerprint density at radius 3 is 2.43 bits per heavy atom. The molecule has 1 aliphatic heterocycles. The van der Waals surface area contributed by atoms with Crippen molar-refractivity contribution in [3.63, 3.8) is 0 Å². The number of benzene rings is 2. The van der Waals surface area contributed by atoms with Crippen molar-refractivity contribution in [3.05, 3.63) is 57.9 Å². The average Bonchev–Trinajstić information content (AvgIpc) is 2.69. The summed E-state index contributed by atoms with van der Waals surface area (Å²) in [4.78, 5) is 26.2. The van der Waals surface area contributed by atoms with Crippen molar-refractivity contribution in [1.82, 2.24) is 10.4 Å². The summed E-state index contributed by atoms with van der Waals surface area (Å²) in [6, 6.07) is 7.09. The lowest BCUT2D eigenvalue weighted by Crippen LogP contribution is -2.56. The molecule has 0 saturated carbocycles. The Labute approximate surface area is 179 Å². The number of nitrogens with zero attached hydrogens (tertiary/aromatic N) is 1. The number of hydrogen-bond acceptors (Lipinski definition) is 4. The Morgan fingerprint density at radius 2 is 1.80 bits per heavy atom. The molecule has 2 aromatic rings. The van der Waals surface area contributed by atoms with Crippen LogP contribution in [0.4, 0.5) is 4.39 Å². The van der Waals surface area contributed by atoms with Gasteiger partial charge in [-0.25, -0.2) is 9.40 Å². The minimum absolute atomic E-state index is 0.180. The van der Waals surface area contributed by atoms with E-state index in [9.17, 15) is 14.0 Å². The first kappa shape index (κ1) is 21.9. The van der Waals surface area contributed by atoms with Crippen LogP contribution in [-0.2, 0) is 6.42 Å². The van der Waals surface area contributed by atoms with Gasteiger partial charge in [-0.2, -0.15) is 0 Å². The molecule has 0 bridgehead atoms. The smallest absolute Gasteiger partial charge is 0.275 e. The number of amides is 2. The number of halogens is 2. The lowest BCUT2D eigenvalue weighted by Gasteiger charge is -2.36. The van der Waals surface area contributed by atoms with Gasteiger partial charge in [-0.1, -0.05) is 18.5 Å². The van der Waals surface area contributed by atoms with Gasteiger partial charge in [0.2, 0.25) is 0 Å². The van der Waals surface area contributed by atoms with Crippen molar-refractivity contribution in [2.24, 2.45) is 0 Å². The van der Waals surface area contributed by atoms with Gasteiger partial charge in [0, 0.05) is 16.1 Å². The van der Waals surface area contributed by atoms with E-state index in [0.717, 1.165) is 11.1 Å². The Morgan fingerprint density at radius 1 is 1.13 bits per heavy atom. The van der Waals surface area contributed by atoms with E-state index in [0.29, 0.717) is 42.3 Å². The summed E-state index contributed by atoms with van der Waals surface area (Å²) in [5, 5.41) is 1.30. The maximum Gasteiger partial charge on any atom is 0.275 e. The highest BCUT2D eigenvalue weighted by atomic mass is 35.5. The molecular formula is C22H24ClFN2O4. The van der Waals surface area contributed by atoms with Crippen molar-refractivity contribution in [3.8, 4) is 11.5 Å². The predicted octanol–water partition coefficient (Wildman–Crippen LogP) is 4.40. The van der Waals surface area contributed by atoms with Crippen LogP contribution in [0.15, 0.2) is 30.3 Å². The van der Waals surface area contributed by atoms with Crippen LogP contribution in [0.2, 0.25) is 5.02 Å². The van der Waals surface area contributed by atoms with Crippen LogP contribution in [0.5, 0.6) is 11.5 Å². The molecule has 2 aromatic carbocycles. The lowest BCUT2D eigenvalue weighted by molar-refractivity contribution is 0.0354. The summed E-state index contributed by atoms with van der Waals surface area (Å²) in [5.74, 6) is -0.818. The molecular weight excluding hydrogens is 411 g/mol. The zero-order valence-corrected chi connectivity index (χ0v) is 18.1. The van der Waals surface area contributed by atoms with E-state index in [1.165, 1.54) is 12.1 Å². The third-order valence-corrected chi connectivity index (χ3v) is 4.89. The van der Waals surface area contributed by atoms with Gasteiger partial charge >= 0.3 is 0 Å². The number of nitrogens with one attached hydrogen (secondary N) is 1. The average molecular weight is 435 g/mol. The number of fused-ring (bicyclic) bond motifs is 1. The minimum atomic E-state index is -0.820. The number of hydrazine groups is 1. The summed E-state index contributed by atoms with van der Waals surface area (Å²) in [5.41, 5.74) is 2.68. The van der Waals surface area contributed by atoms with Crippen LogP contribution in [0.3, 0.4) is 0 Å². The van der Waals surface area contributed by atoms with Crippen LogP contribution in [0, 0.1) is 5.82 Å². The van der Waals surface area contributed by atoms with Crippen molar-refractivity contribution in [2.45, 2.75) is 39.7 Å². The first-order valence-corrected chi connectivity index (χ1v) is 10.0. The number of carbonyl (C=O) groups is 2. The highest BCUT2D eigenvalue weighted by molar-refractivity contribution is 6.30. The highest BCUT2D eigenvalue weighted by Crippen LogP contribution is 2.36. The van der Waals surface area contributed by atoms with E-state index in [1.807, 2.05) is 6.92 Å². The van der Waals surface area contributed by atoms with E-state index in [2.05, 4.69) is 5.43 Å². The van der Waals surface area contributed by atoms with E-state index in [1.54, 1.807) is 32.9 Å². The highest BCUT2D eigenvalue weighted by Gasteiger charge is 2.32. The number of hydrogen-bond donors (Lipinski definition) is 1. The molecule has 0 radical (unpaired) electrons. The second kappa shape index (κ2) is 8.52. The lowest BCUT2D eigenvalue weighted by atomic mass is 10.0. The van der Waals surface area contributed by atoms with Gasteiger partial charge in [-0.15, -0.1) is 0 Å². The number of ether oxygens (including phenoxy) is 2. The number of carbonyl (C=O) groups excluding carboxylic acids is 2. The molecule has 2 amide bonds. The third-order valence-electron chi connectivity index (χ3n) is 4.66. The van der Waals surface area contributed by atoms with E-state index in [4.69, 9.17) is 21.1 Å². The van der Waals surface area contributed by atoms with Gasteiger partial charge < -0.3 is 9.47 Å². The Balaban J connectivity index is 1.94. The Hall–Kier alpha value is -2.80. The van der Waals surface area contributed by atoms with E-state index >= 15 is 0 Å². The molecule has 0 spiro atoms. The normalized spacial score (nSPS) is 13.0. The summed E-state index contributed by atoms with van der Waals surface area (Å²) in [7, 11) is 0. The van der Waals surface area contributed by atoms with Crippen molar-refractivity contribution < 1.29 is 23.5 Å². The molecule has 6 nitrogen and oxygen atoms in total. The minimum Gasteiger partial charge on any atom is -0.486 e. The third kappa shape index (κ3) is 4.36. The van der Waals surface area contributed by atoms with Gasteiger partial charge in [-0.3, -0.25) is 15.0 Å². The monoisotopic (exact) mass is 434 g/mol. The number of rotatable bonds is 3. The van der Waals surface area contributed by atoms with Gasteiger partial charge in [0.25, 0.3) is 11.8 Å². The fraction of sp³-hybridized carbons (Fsp3) is 0.364. The van der Waals surface area contributed by atoms with Crippen LogP contribution in [0.1, 0.15) is 54.0 Å². The first-order valence-electron chi connectivity index (χ1n) is 9.65. The molecule has 1 aliphatic rings. The fourth-order valence-electron chi connectivity index (χ4n) is 3.21. The summed E-state index contributed by atoms with van der Waals surface area (Å²) in [6.07, 6.45) is 0.532. The first-order chi connectivity index (χ1) is 14.1. The molecule has 0 aromatic heterocycles. The standard InChI is InChI=1S/C22H24ClFN2O4/c1-5-14-15(8-9-18-19(14)30-11-10-29-18)20(27)25-26(22(2,3)4)21(28)16-7-6-13(23)12-17(16)24/h6-9,12H,5,10-11H2,1-4H3,(H,25,27). The molecule has 0 unspecified atom stereocenters. The van der Waals surface area contributed by atoms with Crippen LogP contribution < -0.4 is 14.9 Å². The summed E-state index contributed by atoms with van der Waals surface area (Å²) >= 11 is 5.79. The van der Waals surface area contributed by atoms with E-state index < -0.39 is 23.2 Å². The zero-order valence-electron chi connectivity index (χ0n) is 17.3. The molecule has 30 heavy (non-hydrogen) atoms. The second-order valence-corrected chi connectivity index (χ2v) is 8.28. The van der Waals surface area contributed by atoms with Gasteiger partial charge in [0.1, 0.15) is 19.0 Å². The Kier molecular flexibility index (Phi) is 6.22. The zero-order chi connectivity index (χ0) is 22.1. The quantitative estimate of drug-likeness (QED) is 0.727. The molecule has 160 valence electrons. The van der Waals surface area contributed by atoms with Crippen molar-refractivity contribution in [2.75, 3.05) is 13.2 Å². The molecule has 1 heterocycles. The fourth-order valence-corrected chi connectivity index (χ4v) is 3.36. The molecule has 0 saturated heterocycles. The summed E-state index contributed by atoms with van der Waals surface area (Å²) in [6.45, 7) is 7.96. The van der Waals surface area contributed by atoms with Crippen LogP contribution in [-0.4, -0.2) is 35.6 Å². The maximum absolute atomic E-state index is 14.3. The van der Waals surface area contributed by atoms with Crippen LogP contribution in [0.25, 0.3) is 0 Å². The molecule has 8 heteroatoms. The largest absolute Gasteiger partial charge is 0.486 e. The molecule has 1 N–H and O–H groups in total. The topological polar surface area (TPSA) is 67.9 Å². The van der Waals surface area contributed by atoms with Crippen molar-refractivity contribution in [1.29, 1.82) is 0 Å². The summed E-state index contributed by atoms with van der Waals surface area (Å²) < 4.78 is 25.6. The van der Waals surface area contributed by atoms with Gasteiger partial charge in [-0.05, 0) is 57.5 Å². The maximum atomic E-state index is 14.3. The predicted molar refractivity (Wildman–Crippen MR) is 112 cm³/mol. The van der Waals surface area contributed by atoms with Crippen molar-refractivity contribution >= 4 is 23.4 Å². The van der Waals surface area contributed by atoms with Gasteiger partial charge in [0.05, 0.1) is 11.1 Å². The van der Waals surface area contributed by atoms with Crippen LogP contribution >= 0.6 is 11.6 Å². The molecule has 0 fully saturated rings. The van der Waals surface area contributed by atoms with Gasteiger partial charge in [0.15, 0.2) is 11.5 Å². The molecule has 0 aliphatic carbocycles. The Bertz CT molecular complexity index is 988. The second-order valence-electron chi connectivity index (χ2n) is 7.85. The molecule has 3 rings (SSSR count).